The molecule has 0 bridgehead atoms. The van der Waals surface area contributed by atoms with E-state index in [0.29, 0.717) is 24.7 Å². The van der Waals surface area contributed by atoms with Gasteiger partial charge in [-0.05, 0) is 5.56 Å². The van der Waals surface area contributed by atoms with Gasteiger partial charge in [-0.25, -0.2) is 8.42 Å². The Balaban J connectivity index is 1.59. The van der Waals surface area contributed by atoms with E-state index >= 15 is 0 Å². The van der Waals surface area contributed by atoms with E-state index in [1.54, 1.807) is 0 Å². The maximum Gasteiger partial charge on any atom is 0.305 e. The Morgan fingerprint density at radius 2 is 2.04 bits per heavy atom. The molecule has 1 aromatic heterocycles. The molecule has 2 atom stereocenters. The molecule has 2 aliphatic heterocycles. The number of nitro groups is 1. The number of hydrogen-bond donors (Lipinski definition) is 0. The number of thiophene rings is 1. The monoisotopic (exact) mass is 423 g/mol. The van der Waals surface area contributed by atoms with E-state index in [1.165, 1.54) is 11.6 Å². The lowest BCUT2D eigenvalue weighted by atomic mass is 10.1. The Morgan fingerprint density at radius 1 is 1.29 bits per heavy atom. The lowest BCUT2D eigenvalue weighted by Crippen LogP contribution is -2.50. The Kier molecular flexibility index (Phi) is 5.13. The molecule has 0 saturated carbocycles. The SMILES string of the molecule is CS(=O)(=O)c1cc([N+](=O)[O-])c(N2CC3OCCN(Cc4ccccc4)C3C2)s1. The van der Waals surface area contributed by atoms with Crippen molar-refractivity contribution >= 4 is 31.9 Å². The summed E-state index contributed by atoms with van der Waals surface area (Å²) in [5.74, 6) is 0. The molecule has 0 amide bonds. The molecule has 2 unspecified atom stereocenters. The normalized spacial score (nSPS) is 23.0. The Bertz CT molecular complexity index is 976. The third-order valence-electron chi connectivity index (χ3n) is 5.17. The predicted octanol–water partition coefficient (Wildman–Crippen LogP) is 2.15. The van der Waals surface area contributed by atoms with Crippen LogP contribution in [0.25, 0.3) is 0 Å². The van der Waals surface area contributed by atoms with Crippen LogP contribution in [0.2, 0.25) is 0 Å². The lowest BCUT2D eigenvalue weighted by Gasteiger charge is -2.36. The summed E-state index contributed by atoms with van der Waals surface area (Å²) in [7, 11) is -3.50. The highest BCUT2D eigenvalue weighted by atomic mass is 32.2. The number of fused-ring (bicyclic) bond motifs is 1. The third kappa shape index (κ3) is 3.77. The van der Waals surface area contributed by atoms with Gasteiger partial charge in [0.25, 0.3) is 0 Å². The number of ether oxygens (including phenoxy) is 1. The van der Waals surface area contributed by atoms with Crippen LogP contribution < -0.4 is 4.90 Å². The molecule has 8 nitrogen and oxygen atoms in total. The van der Waals surface area contributed by atoms with Crippen LogP contribution in [0.5, 0.6) is 0 Å². The van der Waals surface area contributed by atoms with Crippen molar-refractivity contribution in [1.82, 2.24) is 4.90 Å². The topological polar surface area (TPSA) is 93.0 Å². The van der Waals surface area contributed by atoms with E-state index < -0.39 is 14.8 Å². The molecule has 2 saturated heterocycles. The number of morpholine rings is 1. The first-order valence-corrected chi connectivity index (χ1v) is 11.7. The molecule has 3 heterocycles. The van der Waals surface area contributed by atoms with Crippen LogP contribution in [0.1, 0.15) is 5.56 Å². The number of anilines is 1. The van der Waals surface area contributed by atoms with Crippen molar-refractivity contribution in [2.45, 2.75) is 22.9 Å². The molecule has 2 fully saturated rings. The highest BCUT2D eigenvalue weighted by Crippen LogP contribution is 2.42. The highest BCUT2D eigenvalue weighted by molar-refractivity contribution is 7.92. The van der Waals surface area contributed by atoms with Crippen molar-refractivity contribution in [2.24, 2.45) is 0 Å². The van der Waals surface area contributed by atoms with Crippen LogP contribution >= 0.6 is 11.3 Å². The van der Waals surface area contributed by atoms with Gasteiger partial charge in [-0.2, -0.15) is 0 Å². The maximum atomic E-state index is 11.9. The van der Waals surface area contributed by atoms with Gasteiger partial charge in [0.05, 0.1) is 23.7 Å². The summed E-state index contributed by atoms with van der Waals surface area (Å²) in [6, 6.07) is 11.4. The zero-order valence-electron chi connectivity index (χ0n) is 15.4. The van der Waals surface area contributed by atoms with Gasteiger partial charge in [-0.3, -0.25) is 15.0 Å². The third-order valence-corrected chi connectivity index (χ3v) is 8.15. The molecule has 1 aromatic carbocycles. The van der Waals surface area contributed by atoms with Crippen molar-refractivity contribution in [3.8, 4) is 0 Å². The Hall–Kier alpha value is -2.01. The van der Waals surface area contributed by atoms with E-state index in [4.69, 9.17) is 4.74 Å². The van der Waals surface area contributed by atoms with Crippen LogP contribution in [0.3, 0.4) is 0 Å². The van der Waals surface area contributed by atoms with Crippen LogP contribution in [-0.4, -0.2) is 62.9 Å². The summed E-state index contributed by atoms with van der Waals surface area (Å²) >= 11 is 0.965. The average Bonchev–Trinajstić information content (AvgIpc) is 3.27. The smallest absolute Gasteiger partial charge is 0.305 e. The quantitative estimate of drug-likeness (QED) is 0.537. The molecule has 28 heavy (non-hydrogen) atoms. The molecule has 0 aliphatic carbocycles. The van der Waals surface area contributed by atoms with Crippen molar-refractivity contribution in [3.63, 3.8) is 0 Å². The Morgan fingerprint density at radius 3 is 2.71 bits per heavy atom. The second kappa shape index (κ2) is 7.43. The summed E-state index contributed by atoms with van der Waals surface area (Å²) in [5, 5.41) is 11.9. The van der Waals surface area contributed by atoms with Crippen LogP contribution in [0.4, 0.5) is 10.7 Å². The van der Waals surface area contributed by atoms with Crippen LogP contribution in [-0.2, 0) is 21.1 Å². The highest BCUT2D eigenvalue weighted by Gasteiger charge is 2.42. The molecule has 150 valence electrons. The standard InChI is InChI=1S/C18H21N3O5S2/c1-28(24,25)17-9-14(21(22)23)18(27-17)20-11-15-16(12-20)26-8-7-19(15)10-13-5-3-2-4-6-13/h2-6,9,15-16H,7-8,10-12H2,1H3. The number of rotatable bonds is 5. The molecule has 0 N–H and O–H groups in total. The van der Waals surface area contributed by atoms with Crippen LogP contribution in [0.15, 0.2) is 40.6 Å². The number of sulfone groups is 1. The first kappa shape index (κ1) is 19.3. The van der Waals surface area contributed by atoms with Gasteiger partial charge in [-0.15, -0.1) is 0 Å². The average molecular weight is 424 g/mol. The summed E-state index contributed by atoms with van der Waals surface area (Å²) in [5.41, 5.74) is 1.06. The molecule has 4 rings (SSSR count). The molecular weight excluding hydrogens is 402 g/mol. The predicted molar refractivity (Wildman–Crippen MR) is 107 cm³/mol. The fourth-order valence-electron chi connectivity index (χ4n) is 3.83. The van der Waals surface area contributed by atoms with Gasteiger partial charge in [-0.1, -0.05) is 41.7 Å². The van der Waals surface area contributed by atoms with E-state index in [9.17, 15) is 18.5 Å². The van der Waals surface area contributed by atoms with E-state index in [0.717, 1.165) is 30.7 Å². The minimum Gasteiger partial charge on any atom is -0.373 e. The number of nitrogens with zero attached hydrogens (tertiary/aromatic N) is 3. The van der Waals surface area contributed by atoms with Crippen molar-refractivity contribution in [2.75, 3.05) is 37.4 Å². The molecule has 2 aliphatic rings. The number of hydrogen-bond acceptors (Lipinski definition) is 8. The summed E-state index contributed by atoms with van der Waals surface area (Å²) < 4.78 is 29.7. The minimum absolute atomic E-state index is 0.0196. The lowest BCUT2D eigenvalue weighted by molar-refractivity contribution is -0.383. The fourth-order valence-corrected chi connectivity index (χ4v) is 5.87. The van der Waals surface area contributed by atoms with Gasteiger partial charge < -0.3 is 9.64 Å². The largest absolute Gasteiger partial charge is 0.373 e. The van der Waals surface area contributed by atoms with Crippen LogP contribution in [0, 0.1) is 10.1 Å². The summed E-state index contributed by atoms with van der Waals surface area (Å²) in [4.78, 5) is 15.2. The zero-order valence-corrected chi connectivity index (χ0v) is 17.0. The molecule has 10 heteroatoms. The first-order valence-electron chi connectivity index (χ1n) is 8.96. The van der Waals surface area contributed by atoms with Gasteiger partial charge in [0.2, 0.25) is 0 Å². The van der Waals surface area contributed by atoms with E-state index in [-0.39, 0.29) is 22.0 Å². The van der Waals surface area contributed by atoms with Gasteiger partial charge in [0.1, 0.15) is 4.21 Å². The van der Waals surface area contributed by atoms with Gasteiger partial charge >= 0.3 is 5.69 Å². The van der Waals surface area contributed by atoms with E-state index in [2.05, 4.69) is 17.0 Å². The van der Waals surface area contributed by atoms with E-state index in [1.807, 2.05) is 23.1 Å². The minimum atomic E-state index is -3.50. The van der Waals surface area contributed by atoms with Gasteiger partial charge in [0.15, 0.2) is 14.8 Å². The maximum absolute atomic E-state index is 11.9. The van der Waals surface area contributed by atoms with Gasteiger partial charge in [0, 0.05) is 38.5 Å². The molecule has 0 radical (unpaired) electrons. The second-order valence-electron chi connectivity index (χ2n) is 7.12. The molecule has 2 aromatic rings. The first-order chi connectivity index (χ1) is 13.3. The summed E-state index contributed by atoms with van der Waals surface area (Å²) in [6.45, 7) is 3.29. The van der Waals surface area contributed by atoms with Crippen molar-refractivity contribution < 1.29 is 18.1 Å². The Labute approximate surface area is 167 Å². The second-order valence-corrected chi connectivity index (χ2v) is 10.4. The van der Waals surface area contributed by atoms with Crippen molar-refractivity contribution in [3.05, 3.63) is 52.1 Å². The fraction of sp³-hybridized carbons (Fsp3) is 0.444. The van der Waals surface area contributed by atoms with Crippen molar-refractivity contribution in [1.29, 1.82) is 0 Å². The zero-order chi connectivity index (χ0) is 19.9. The molecular formula is C18H21N3O5S2. The number of benzene rings is 1. The summed E-state index contributed by atoms with van der Waals surface area (Å²) in [6.07, 6.45) is 1.02. The molecule has 0 spiro atoms.